The Bertz CT molecular complexity index is 493. The fourth-order valence-electron chi connectivity index (χ4n) is 2.02. The molecule has 6 heteroatoms. The summed E-state index contributed by atoms with van der Waals surface area (Å²) in [4.78, 5) is 13.6. The predicted octanol–water partition coefficient (Wildman–Crippen LogP) is 1.53. The molecule has 0 spiro atoms. The number of aliphatic hydroxyl groups is 1. The molecule has 1 aliphatic rings. The molecule has 110 valence electrons. The average molecular weight is 343 g/mol. The number of fused-ring (bicyclic) bond motifs is 1. The Hall–Kier alpha value is -1.11. The van der Waals surface area contributed by atoms with Crippen molar-refractivity contribution < 1.29 is 14.6 Å². The van der Waals surface area contributed by atoms with Crippen LogP contribution in [0, 0.1) is 0 Å². The van der Waals surface area contributed by atoms with Crippen LogP contribution in [-0.4, -0.2) is 42.9 Å². The van der Waals surface area contributed by atoms with Crippen LogP contribution in [0.15, 0.2) is 22.7 Å². The first-order valence-corrected chi connectivity index (χ1v) is 7.41. The van der Waals surface area contributed by atoms with Gasteiger partial charge in [0.05, 0.1) is 18.3 Å². The average Bonchev–Trinajstić information content (AvgIpc) is 2.40. The number of benzene rings is 1. The van der Waals surface area contributed by atoms with E-state index in [9.17, 15) is 9.90 Å². The van der Waals surface area contributed by atoms with E-state index in [1.165, 1.54) is 0 Å². The Kier molecular flexibility index (Phi) is 5.01. The predicted molar refractivity (Wildman–Crippen MR) is 81.1 cm³/mol. The summed E-state index contributed by atoms with van der Waals surface area (Å²) in [6.07, 6.45) is -0.619. The van der Waals surface area contributed by atoms with Crippen LogP contribution in [0.3, 0.4) is 0 Å². The van der Waals surface area contributed by atoms with Gasteiger partial charge in [0.15, 0.2) is 6.61 Å². The first-order chi connectivity index (χ1) is 9.47. The molecule has 1 aromatic rings. The molecule has 5 nitrogen and oxygen atoms in total. The SMILES string of the molecule is CC(C)NCC(O)CN1C(=O)COc2ccc(Br)cc21. The van der Waals surface area contributed by atoms with Crippen molar-refractivity contribution >= 4 is 27.5 Å². The highest BCUT2D eigenvalue weighted by molar-refractivity contribution is 9.10. The van der Waals surface area contributed by atoms with Crippen molar-refractivity contribution in [3.63, 3.8) is 0 Å². The van der Waals surface area contributed by atoms with Gasteiger partial charge in [-0.2, -0.15) is 0 Å². The summed E-state index contributed by atoms with van der Waals surface area (Å²) in [5, 5.41) is 13.2. The monoisotopic (exact) mass is 342 g/mol. The summed E-state index contributed by atoms with van der Waals surface area (Å²) in [7, 11) is 0. The van der Waals surface area contributed by atoms with Gasteiger partial charge in [0.25, 0.3) is 5.91 Å². The lowest BCUT2D eigenvalue weighted by molar-refractivity contribution is -0.121. The molecule has 0 fully saturated rings. The van der Waals surface area contributed by atoms with E-state index in [1.54, 1.807) is 4.90 Å². The highest BCUT2D eigenvalue weighted by Gasteiger charge is 2.27. The molecule has 1 aliphatic heterocycles. The fraction of sp³-hybridized carbons (Fsp3) is 0.500. The minimum absolute atomic E-state index is 0.0129. The van der Waals surface area contributed by atoms with Gasteiger partial charge in [-0.15, -0.1) is 0 Å². The molecule has 1 amide bonds. The minimum atomic E-state index is -0.619. The Labute approximate surface area is 127 Å². The van der Waals surface area contributed by atoms with Gasteiger partial charge in [-0.25, -0.2) is 0 Å². The molecule has 0 saturated carbocycles. The number of aliphatic hydroxyl groups excluding tert-OH is 1. The summed E-state index contributed by atoms with van der Waals surface area (Å²) in [6.45, 7) is 4.74. The lowest BCUT2D eigenvalue weighted by Gasteiger charge is -2.31. The number of hydrogen-bond donors (Lipinski definition) is 2. The quantitative estimate of drug-likeness (QED) is 0.851. The Morgan fingerprint density at radius 3 is 2.95 bits per heavy atom. The highest BCUT2D eigenvalue weighted by Crippen LogP contribution is 2.34. The summed E-state index contributed by atoms with van der Waals surface area (Å²) < 4.78 is 6.26. The van der Waals surface area contributed by atoms with Crippen LogP contribution in [0.5, 0.6) is 5.75 Å². The van der Waals surface area contributed by atoms with Crippen LogP contribution in [0.1, 0.15) is 13.8 Å². The largest absolute Gasteiger partial charge is 0.482 e. The number of rotatable bonds is 5. The van der Waals surface area contributed by atoms with Gasteiger partial charge < -0.3 is 20.1 Å². The van der Waals surface area contributed by atoms with Gasteiger partial charge in [-0.3, -0.25) is 4.79 Å². The first-order valence-electron chi connectivity index (χ1n) is 6.61. The minimum Gasteiger partial charge on any atom is -0.482 e. The van der Waals surface area contributed by atoms with E-state index in [2.05, 4.69) is 21.2 Å². The van der Waals surface area contributed by atoms with Crippen LogP contribution in [0.2, 0.25) is 0 Å². The maximum Gasteiger partial charge on any atom is 0.265 e. The molecule has 2 N–H and O–H groups in total. The van der Waals surface area contributed by atoms with Crippen molar-refractivity contribution in [1.29, 1.82) is 0 Å². The molecule has 1 aromatic carbocycles. The van der Waals surface area contributed by atoms with E-state index in [-0.39, 0.29) is 19.1 Å². The topological polar surface area (TPSA) is 61.8 Å². The molecule has 0 aromatic heterocycles. The lowest BCUT2D eigenvalue weighted by Crippen LogP contribution is -2.46. The molecule has 0 bridgehead atoms. The fourth-order valence-corrected chi connectivity index (χ4v) is 2.37. The van der Waals surface area contributed by atoms with E-state index in [0.29, 0.717) is 24.0 Å². The maximum absolute atomic E-state index is 12.0. The molecule has 0 aliphatic carbocycles. The van der Waals surface area contributed by atoms with Crippen LogP contribution < -0.4 is 15.0 Å². The third-order valence-corrected chi connectivity index (χ3v) is 3.51. The molecule has 2 rings (SSSR count). The summed E-state index contributed by atoms with van der Waals surface area (Å²) in [5.74, 6) is 0.524. The zero-order chi connectivity index (χ0) is 14.7. The maximum atomic E-state index is 12.0. The number of halogens is 1. The second-order valence-corrected chi connectivity index (χ2v) is 6.04. The Balaban J connectivity index is 2.11. The number of amides is 1. The number of ether oxygens (including phenoxy) is 1. The lowest BCUT2D eigenvalue weighted by atomic mass is 10.2. The van der Waals surface area contributed by atoms with Gasteiger partial charge in [0.2, 0.25) is 0 Å². The molecule has 0 radical (unpaired) electrons. The molecule has 20 heavy (non-hydrogen) atoms. The Morgan fingerprint density at radius 1 is 1.50 bits per heavy atom. The molecular weight excluding hydrogens is 324 g/mol. The third kappa shape index (κ3) is 3.71. The number of carbonyl (C=O) groups excluding carboxylic acids is 1. The van der Waals surface area contributed by atoms with E-state index in [0.717, 1.165) is 4.47 Å². The number of hydrogen-bond acceptors (Lipinski definition) is 4. The standard InChI is InChI=1S/C14H19BrN2O3/c1-9(2)16-6-11(18)7-17-12-5-10(15)3-4-13(12)20-8-14(17)19/h3-5,9,11,16,18H,6-8H2,1-2H3. The van der Waals surface area contributed by atoms with Crippen LogP contribution in [-0.2, 0) is 4.79 Å². The molecule has 1 unspecified atom stereocenters. The Morgan fingerprint density at radius 2 is 2.25 bits per heavy atom. The van der Waals surface area contributed by atoms with Gasteiger partial charge in [-0.1, -0.05) is 29.8 Å². The van der Waals surface area contributed by atoms with Gasteiger partial charge in [-0.05, 0) is 18.2 Å². The number of nitrogens with one attached hydrogen (secondary N) is 1. The first kappa shape index (κ1) is 15.3. The van der Waals surface area contributed by atoms with Gasteiger partial charge in [0.1, 0.15) is 5.75 Å². The third-order valence-electron chi connectivity index (χ3n) is 3.02. The zero-order valence-electron chi connectivity index (χ0n) is 11.6. The second-order valence-electron chi connectivity index (χ2n) is 5.12. The highest BCUT2D eigenvalue weighted by atomic mass is 79.9. The van der Waals surface area contributed by atoms with Gasteiger partial charge in [0, 0.05) is 17.1 Å². The van der Waals surface area contributed by atoms with Crippen LogP contribution >= 0.6 is 15.9 Å². The van der Waals surface area contributed by atoms with Crippen molar-refractivity contribution in [1.82, 2.24) is 5.32 Å². The van der Waals surface area contributed by atoms with Gasteiger partial charge >= 0.3 is 0 Å². The number of β-amino-alcohol motifs (C(OH)–C–C–N with tert-alkyl or cyclic N) is 1. The van der Waals surface area contributed by atoms with E-state index in [4.69, 9.17) is 4.74 Å². The molecule has 0 saturated heterocycles. The molecular formula is C14H19BrN2O3. The number of carbonyl (C=O) groups is 1. The van der Waals surface area contributed by atoms with E-state index in [1.807, 2.05) is 32.0 Å². The number of anilines is 1. The summed E-state index contributed by atoms with van der Waals surface area (Å²) in [5.41, 5.74) is 0.694. The molecule has 1 atom stereocenters. The van der Waals surface area contributed by atoms with Crippen molar-refractivity contribution in [2.24, 2.45) is 0 Å². The van der Waals surface area contributed by atoms with Crippen LogP contribution in [0.25, 0.3) is 0 Å². The van der Waals surface area contributed by atoms with Crippen molar-refractivity contribution in [2.45, 2.75) is 26.0 Å². The normalized spacial score (nSPS) is 16.1. The smallest absolute Gasteiger partial charge is 0.265 e. The van der Waals surface area contributed by atoms with Crippen molar-refractivity contribution in [3.05, 3.63) is 22.7 Å². The van der Waals surface area contributed by atoms with Crippen molar-refractivity contribution in [2.75, 3.05) is 24.6 Å². The van der Waals surface area contributed by atoms with E-state index >= 15 is 0 Å². The van der Waals surface area contributed by atoms with Crippen molar-refractivity contribution in [3.8, 4) is 5.75 Å². The molecule has 1 heterocycles. The summed E-state index contributed by atoms with van der Waals surface area (Å²) in [6, 6.07) is 5.81. The zero-order valence-corrected chi connectivity index (χ0v) is 13.2. The van der Waals surface area contributed by atoms with E-state index < -0.39 is 6.10 Å². The summed E-state index contributed by atoms with van der Waals surface area (Å²) >= 11 is 3.39. The van der Waals surface area contributed by atoms with Crippen LogP contribution in [0.4, 0.5) is 5.69 Å². The second kappa shape index (κ2) is 6.56. The number of nitrogens with zero attached hydrogens (tertiary/aromatic N) is 1.